The Labute approximate surface area is 171 Å². The standard InChI is InChI=1S/C17H11N2.C5H8O2.Ir/c1-3-7-14-12(5-1)9-10-18-17(14)16-11-13-6-2-4-8-15(13)19-16;1-4(6)3-5(2)7;/h1-11H;3,6H,1-2H3;/q-1;;. The largest absolute Gasteiger partial charge is 0.656 e. The number of aromatic nitrogens is 2. The third-order valence-corrected chi connectivity index (χ3v) is 3.80. The van der Waals surface area contributed by atoms with Gasteiger partial charge in [0.2, 0.25) is 0 Å². The molecule has 139 valence electrons. The Hall–Kier alpha value is -2.75. The number of para-hydroxylation sites is 1. The first-order valence-electron chi connectivity index (χ1n) is 8.29. The Kier molecular flexibility index (Phi) is 7.05. The van der Waals surface area contributed by atoms with E-state index in [2.05, 4.69) is 34.2 Å². The van der Waals surface area contributed by atoms with E-state index in [9.17, 15) is 4.79 Å². The first kappa shape index (κ1) is 20.6. The number of fused-ring (bicyclic) bond motifs is 2. The number of hydrogen-bond donors (Lipinski definition) is 1. The maximum Gasteiger partial charge on any atom is 0.155 e. The second-order valence-electron chi connectivity index (χ2n) is 5.98. The number of nitrogens with zero attached hydrogens (tertiary/aromatic N) is 2. The van der Waals surface area contributed by atoms with Crippen molar-refractivity contribution in [1.29, 1.82) is 0 Å². The molecule has 0 fully saturated rings. The van der Waals surface area contributed by atoms with Crippen LogP contribution in [-0.2, 0) is 24.9 Å². The number of benzene rings is 2. The fourth-order valence-electron chi connectivity index (χ4n) is 2.76. The van der Waals surface area contributed by atoms with Crippen molar-refractivity contribution in [2.24, 2.45) is 0 Å². The average Bonchev–Trinajstić information content (AvgIpc) is 3.04. The number of aliphatic hydroxyl groups excluding tert-OH is 1. The van der Waals surface area contributed by atoms with Gasteiger partial charge >= 0.3 is 0 Å². The molecule has 0 saturated carbocycles. The third-order valence-electron chi connectivity index (χ3n) is 3.80. The molecule has 0 aliphatic rings. The molecule has 0 bridgehead atoms. The fraction of sp³-hybridized carbons (Fsp3) is 0.0909. The molecule has 4 aromatic rings. The Morgan fingerprint density at radius 2 is 1.67 bits per heavy atom. The van der Waals surface area contributed by atoms with Crippen LogP contribution < -0.4 is 4.98 Å². The topological polar surface area (TPSA) is 64.3 Å². The molecule has 4 nitrogen and oxygen atoms in total. The molecule has 2 aromatic carbocycles. The summed E-state index contributed by atoms with van der Waals surface area (Å²) in [4.78, 5) is 19.2. The van der Waals surface area contributed by atoms with Crippen molar-refractivity contribution in [2.45, 2.75) is 13.8 Å². The van der Waals surface area contributed by atoms with Crippen LogP contribution in [0.2, 0.25) is 0 Å². The molecular weight excluding hydrogens is 516 g/mol. The smallest absolute Gasteiger partial charge is 0.155 e. The summed E-state index contributed by atoms with van der Waals surface area (Å²) in [5, 5.41) is 11.9. The van der Waals surface area contributed by atoms with E-state index in [1.54, 1.807) is 0 Å². The molecule has 2 aromatic heterocycles. The third kappa shape index (κ3) is 5.13. The van der Waals surface area contributed by atoms with E-state index in [-0.39, 0.29) is 31.6 Å². The fourth-order valence-corrected chi connectivity index (χ4v) is 2.76. The predicted octanol–water partition coefficient (Wildman–Crippen LogP) is 5.05. The second kappa shape index (κ2) is 9.26. The number of carbonyl (C=O) groups excluding carboxylic acids is 1. The molecule has 0 atom stereocenters. The van der Waals surface area contributed by atoms with Crippen molar-refractivity contribution < 1.29 is 30.0 Å². The normalized spacial score (nSPS) is 10.8. The Bertz CT molecular complexity index is 1060. The predicted molar refractivity (Wildman–Crippen MR) is 105 cm³/mol. The summed E-state index contributed by atoms with van der Waals surface area (Å²) in [6.45, 7) is 2.85. The van der Waals surface area contributed by atoms with Gasteiger partial charge in [-0.05, 0) is 30.7 Å². The maximum absolute atomic E-state index is 10.0. The summed E-state index contributed by atoms with van der Waals surface area (Å²) in [5.74, 6) is -0.0625. The number of ketones is 1. The van der Waals surface area contributed by atoms with E-state index in [4.69, 9.17) is 5.11 Å². The number of hydrogen-bond acceptors (Lipinski definition) is 3. The van der Waals surface area contributed by atoms with Crippen molar-refractivity contribution in [3.63, 3.8) is 0 Å². The number of pyridine rings is 1. The maximum atomic E-state index is 10.0. The number of allylic oxidation sites excluding steroid dienone is 2. The van der Waals surface area contributed by atoms with Gasteiger partial charge in [-0.1, -0.05) is 54.6 Å². The van der Waals surface area contributed by atoms with Crippen molar-refractivity contribution in [3.05, 3.63) is 78.7 Å². The van der Waals surface area contributed by atoms with E-state index in [1.807, 2.05) is 42.6 Å². The van der Waals surface area contributed by atoms with Crippen molar-refractivity contribution in [1.82, 2.24) is 9.97 Å². The van der Waals surface area contributed by atoms with E-state index in [0.717, 1.165) is 27.7 Å². The van der Waals surface area contributed by atoms with Crippen LogP contribution in [0, 0.1) is 0 Å². The number of aliphatic hydroxyl groups is 1. The Morgan fingerprint density at radius 1 is 1.00 bits per heavy atom. The average molecular weight is 536 g/mol. The molecule has 1 radical (unpaired) electrons. The summed E-state index contributed by atoms with van der Waals surface area (Å²) in [6, 6.07) is 20.6. The molecule has 27 heavy (non-hydrogen) atoms. The van der Waals surface area contributed by atoms with Gasteiger partial charge < -0.3 is 10.1 Å². The first-order valence-corrected chi connectivity index (χ1v) is 8.29. The van der Waals surface area contributed by atoms with Crippen LogP contribution >= 0.6 is 0 Å². The van der Waals surface area contributed by atoms with Gasteiger partial charge in [-0.2, -0.15) is 0 Å². The quantitative estimate of drug-likeness (QED) is 0.288. The second-order valence-corrected chi connectivity index (χ2v) is 5.98. The van der Waals surface area contributed by atoms with Gasteiger partial charge in [0.1, 0.15) is 0 Å². The number of rotatable bonds is 2. The van der Waals surface area contributed by atoms with Crippen molar-refractivity contribution in [3.8, 4) is 11.4 Å². The Morgan fingerprint density at radius 3 is 2.30 bits per heavy atom. The van der Waals surface area contributed by atoms with Crippen molar-refractivity contribution >= 4 is 27.5 Å². The molecule has 0 aliphatic carbocycles. The zero-order chi connectivity index (χ0) is 18.5. The number of carbonyl (C=O) groups is 1. The summed E-state index contributed by atoms with van der Waals surface area (Å²) < 4.78 is 0. The van der Waals surface area contributed by atoms with Gasteiger partial charge in [0, 0.05) is 37.8 Å². The van der Waals surface area contributed by atoms with Crippen LogP contribution in [0.1, 0.15) is 13.8 Å². The zero-order valence-corrected chi connectivity index (χ0v) is 17.4. The molecule has 5 heteroatoms. The molecule has 2 heterocycles. The zero-order valence-electron chi connectivity index (χ0n) is 15.0. The van der Waals surface area contributed by atoms with E-state index in [1.165, 1.54) is 25.3 Å². The van der Waals surface area contributed by atoms with Crippen molar-refractivity contribution in [2.75, 3.05) is 0 Å². The summed E-state index contributed by atoms with van der Waals surface area (Å²) in [7, 11) is 0. The molecule has 0 saturated heterocycles. The van der Waals surface area contributed by atoms with E-state index >= 15 is 0 Å². The molecular formula is C22H19IrN2O2-. The monoisotopic (exact) mass is 536 g/mol. The summed E-state index contributed by atoms with van der Waals surface area (Å²) >= 11 is 0. The van der Waals surface area contributed by atoms with E-state index < -0.39 is 0 Å². The van der Waals surface area contributed by atoms with E-state index in [0.29, 0.717) is 0 Å². The van der Waals surface area contributed by atoms with Crippen LogP contribution in [0.15, 0.2) is 78.7 Å². The molecule has 0 aliphatic heterocycles. The first-order chi connectivity index (χ1) is 12.5. The van der Waals surface area contributed by atoms with Gasteiger partial charge in [-0.25, -0.2) is 0 Å². The van der Waals surface area contributed by atoms with Crippen LogP contribution in [-0.4, -0.2) is 15.9 Å². The molecule has 1 N–H and O–H groups in total. The molecule has 4 rings (SSSR count). The minimum atomic E-state index is -0.125. The minimum absolute atomic E-state index is 0. The van der Waals surface area contributed by atoms with Gasteiger partial charge in [0.05, 0.1) is 11.5 Å². The van der Waals surface area contributed by atoms with Gasteiger partial charge in [-0.3, -0.25) is 9.78 Å². The summed E-state index contributed by atoms with van der Waals surface area (Å²) in [5.41, 5.74) is 2.92. The van der Waals surface area contributed by atoms with Gasteiger partial charge in [0.25, 0.3) is 0 Å². The SMILES string of the molecule is CC(=O)C=C(C)O.[Ir].c1ccc2[n-]c(-c3nccc4ccccc34)cc2c1. The molecule has 0 spiro atoms. The van der Waals surface area contributed by atoms with Gasteiger partial charge in [-0.15, -0.1) is 11.2 Å². The van der Waals surface area contributed by atoms with Crippen LogP contribution in [0.5, 0.6) is 0 Å². The van der Waals surface area contributed by atoms with Crippen LogP contribution in [0.3, 0.4) is 0 Å². The van der Waals surface area contributed by atoms with Crippen LogP contribution in [0.25, 0.3) is 33.1 Å². The Balaban J connectivity index is 0.000000285. The molecule has 0 amide bonds. The molecule has 0 unspecified atom stereocenters. The minimum Gasteiger partial charge on any atom is -0.656 e. The van der Waals surface area contributed by atoms with Crippen LogP contribution in [0.4, 0.5) is 0 Å². The van der Waals surface area contributed by atoms with Gasteiger partial charge in [0.15, 0.2) is 5.78 Å². The summed E-state index contributed by atoms with van der Waals surface area (Å²) in [6.07, 6.45) is 3.01.